The molecule has 0 fully saturated rings. The number of hydrogen-bond donors (Lipinski definition) is 4. The second-order valence-electron chi connectivity index (χ2n) is 5.76. The smallest absolute Gasteiger partial charge is 0.323 e. The van der Waals surface area contributed by atoms with E-state index in [1.165, 1.54) is 11.8 Å². The van der Waals surface area contributed by atoms with Crippen molar-refractivity contribution in [2.45, 2.75) is 4.90 Å². The fourth-order valence-corrected chi connectivity index (χ4v) is 3.38. The third-order valence-electron chi connectivity index (χ3n) is 3.77. The number of anilines is 3. The first kappa shape index (κ1) is 20.8. The number of carbonyl (C=O) groups excluding carboxylic acids is 1. The molecule has 2 amide bonds. The summed E-state index contributed by atoms with van der Waals surface area (Å²) in [7, 11) is 0. The molecule has 3 rings (SSSR count). The summed E-state index contributed by atoms with van der Waals surface area (Å²) in [4.78, 5) is 25.6. The van der Waals surface area contributed by atoms with Crippen LogP contribution in [0.1, 0.15) is 0 Å². The molecule has 0 spiro atoms. The summed E-state index contributed by atoms with van der Waals surface area (Å²) in [6, 6.07) is 10.1. The van der Waals surface area contributed by atoms with Crippen LogP contribution in [0.2, 0.25) is 5.15 Å². The SMILES string of the molecule is CSc1c(Cl)nc(-c2ccc(NC(=O)Nc3ccncc3)cc2)nc1NCCO. The molecule has 29 heavy (non-hydrogen) atoms. The highest BCUT2D eigenvalue weighted by Gasteiger charge is 2.13. The standard InChI is InChI=1S/C19H19ClN6O2S/c1-29-15-16(20)25-17(26-18(15)22-10-11-27)12-2-4-13(5-3-12)23-19(28)24-14-6-8-21-9-7-14/h2-9,27H,10-11H2,1H3,(H,22,25,26)(H2,21,23,24,28). The second-order valence-corrected chi connectivity index (χ2v) is 6.94. The van der Waals surface area contributed by atoms with Crippen molar-refractivity contribution in [1.29, 1.82) is 0 Å². The van der Waals surface area contributed by atoms with Crippen molar-refractivity contribution >= 4 is 46.6 Å². The first-order valence-corrected chi connectivity index (χ1v) is 10.3. The van der Waals surface area contributed by atoms with E-state index in [1.807, 2.05) is 6.26 Å². The molecule has 0 aliphatic rings. The predicted octanol–water partition coefficient (Wildman–Crippen LogP) is 3.96. The van der Waals surface area contributed by atoms with Crippen molar-refractivity contribution in [2.75, 3.05) is 35.4 Å². The number of urea groups is 1. The van der Waals surface area contributed by atoms with Crippen LogP contribution < -0.4 is 16.0 Å². The first-order chi connectivity index (χ1) is 14.1. The van der Waals surface area contributed by atoms with E-state index in [4.69, 9.17) is 16.7 Å². The minimum atomic E-state index is -0.358. The molecule has 1 aromatic carbocycles. The highest BCUT2D eigenvalue weighted by molar-refractivity contribution is 7.98. The molecule has 0 atom stereocenters. The van der Waals surface area contributed by atoms with Gasteiger partial charge in [-0.3, -0.25) is 4.98 Å². The zero-order valence-corrected chi connectivity index (χ0v) is 17.1. The van der Waals surface area contributed by atoms with E-state index in [0.717, 1.165) is 10.5 Å². The minimum absolute atomic E-state index is 0.0211. The summed E-state index contributed by atoms with van der Waals surface area (Å²) < 4.78 is 0. The van der Waals surface area contributed by atoms with Gasteiger partial charge in [0.15, 0.2) is 5.82 Å². The number of pyridine rings is 1. The number of aromatic nitrogens is 3. The third-order valence-corrected chi connectivity index (χ3v) is 4.95. The fraction of sp³-hybridized carbons (Fsp3) is 0.158. The zero-order valence-electron chi connectivity index (χ0n) is 15.5. The van der Waals surface area contributed by atoms with E-state index in [-0.39, 0.29) is 12.6 Å². The Bertz CT molecular complexity index is 972. The summed E-state index contributed by atoms with van der Waals surface area (Å²) in [6.45, 7) is 0.336. The highest BCUT2D eigenvalue weighted by atomic mass is 35.5. The van der Waals surface area contributed by atoms with Gasteiger partial charge in [0.25, 0.3) is 0 Å². The Labute approximate surface area is 177 Å². The maximum absolute atomic E-state index is 12.1. The molecule has 0 aliphatic heterocycles. The Hall–Kier alpha value is -2.88. The lowest BCUT2D eigenvalue weighted by Gasteiger charge is -2.12. The van der Waals surface area contributed by atoms with Crippen LogP contribution in [-0.4, -0.2) is 45.5 Å². The van der Waals surface area contributed by atoms with Crippen LogP contribution in [0.25, 0.3) is 11.4 Å². The van der Waals surface area contributed by atoms with Crippen molar-refractivity contribution < 1.29 is 9.90 Å². The van der Waals surface area contributed by atoms with Crippen molar-refractivity contribution in [2.24, 2.45) is 0 Å². The lowest BCUT2D eigenvalue weighted by atomic mass is 10.2. The molecule has 8 nitrogen and oxygen atoms in total. The Balaban J connectivity index is 1.74. The van der Waals surface area contributed by atoms with Crippen molar-refractivity contribution in [3.05, 3.63) is 53.9 Å². The van der Waals surface area contributed by atoms with Gasteiger partial charge in [-0.1, -0.05) is 11.6 Å². The van der Waals surface area contributed by atoms with E-state index < -0.39 is 0 Å². The summed E-state index contributed by atoms with van der Waals surface area (Å²) in [5, 5.41) is 17.9. The number of halogens is 1. The van der Waals surface area contributed by atoms with E-state index in [2.05, 4.69) is 30.9 Å². The van der Waals surface area contributed by atoms with Crippen LogP contribution in [0.3, 0.4) is 0 Å². The molecule has 2 heterocycles. The lowest BCUT2D eigenvalue weighted by Crippen LogP contribution is -2.19. The largest absolute Gasteiger partial charge is 0.395 e. The molecule has 0 aliphatic carbocycles. The van der Waals surface area contributed by atoms with Crippen LogP contribution in [-0.2, 0) is 0 Å². The topological polar surface area (TPSA) is 112 Å². The van der Waals surface area contributed by atoms with Gasteiger partial charge in [0.2, 0.25) is 0 Å². The molecule has 0 saturated heterocycles. The number of rotatable bonds is 7. The van der Waals surface area contributed by atoms with Crippen LogP contribution in [0.5, 0.6) is 0 Å². The van der Waals surface area contributed by atoms with Crippen LogP contribution in [0.4, 0.5) is 22.0 Å². The summed E-state index contributed by atoms with van der Waals surface area (Å²) >= 11 is 7.72. The normalized spacial score (nSPS) is 10.4. The number of thioether (sulfide) groups is 1. The fourth-order valence-electron chi connectivity index (χ4n) is 2.46. The molecule has 4 N–H and O–H groups in total. The minimum Gasteiger partial charge on any atom is -0.395 e. The molecule has 0 bridgehead atoms. The van der Waals surface area contributed by atoms with Crippen molar-refractivity contribution in [3.8, 4) is 11.4 Å². The van der Waals surface area contributed by atoms with Gasteiger partial charge in [0.1, 0.15) is 11.0 Å². The van der Waals surface area contributed by atoms with Gasteiger partial charge in [-0.05, 0) is 42.7 Å². The molecular weight excluding hydrogens is 412 g/mol. The van der Waals surface area contributed by atoms with Crippen LogP contribution >= 0.6 is 23.4 Å². The molecule has 10 heteroatoms. The monoisotopic (exact) mass is 430 g/mol. The average molecular weight is 431 g/mol. The maximum atomic E-state index is 12.1. The lowest BCUT2D eigenvalue weighted by molar-refractivity contribution is 0.262. The Morgan fingerprint density at radius 3 is 2.34 bits per heavy atom. The van der Waals surface area contributed by atoms with Crippen molar-refractivity contribution in [1.82, 2.24) is 15.0 Å². The number of hydrogen-bond acceptors (Lipinski definition) is 7. The first-order valence-electron chi connectivity index (χ1n) is 8.65. The van der Waals surface area contributed by atoms with Gasteiger partial charge in [-0.15, -0.1) is 11.8 Å². The van der Waals surface area contributed by atoms with E-state index in [0.29, 0.717) is 34.7 Å². The quantitative estimate of drug-likeness (QED) is 0.331. The highest BCUT2D eigenvalue weighted by Crippen LogP contribution is 2.32. The number of aliphatic hydroxyl groups excluding tert-OH is 1. The number of aliphatic hydroxyl groups is 1. The summed E-state index contributed by atoms with van der Waals surface area (Å²) in [5.41, 5.74) is 2.01. The van der Waals surface area contributed by atoms with E-state index in [1.54, 1.807) is 48.8 Å². The molecular formula is C19H19ClN6O2S. The number of amides is 2. The Kier molecular flexibility index (Phi) is 7.23. The maximum Gasteiger partial charge on any atom is 0.323 e. The second kappa shape index (κ2) is 10.1. The third kappa shape index (κ3) is 5.57. The average Bonchev–Trinajstić information content (AvgIpc) is 2.73. The molecule has 150 valence electrons. The molecule has 0 unspecified atom stereocenters. The van der Waals surface area contributed by atoms with Gasteiger partial charge >= 0.3 is 6.03 Å². The Morgan fingerprint density at radius 2 is 1.72 bits per heavy atom. The van der Waals surface area contributed by atoms with E-state index >= 15 is 0 Å². The van der Waals surface area contributed by atoms with Gasteiger partial charge in [0.05, 0.1) is 11.5 Å². The van der Waals surface area contributed by atoms with Crippen molar-refractivity contribution in [3.63, 3.8) is 0 Å². The van der Waals surface area contributed by atoms with Gasteiger partial charge < -0.3 is 21.1 Å². The number of carbonyl (C=O) groups is 1. The summed E-state index contributed by atoms with van der Waals surface area (Å²) in [5.74, 6) is 1.02. The molecule has 3 aromatic rings. The van der Waals surface area contributed by atoms with Crippen LogP contribution in [0.15, 0.2) is 53.7 Å². The number of nitrogens with zero attached hydrogens (tertiary/aromatic N) is 3. The Morgan fingerprint density at radius 1 is 1.07 bits per heavy atom. The van der Waals surface area contributed by atoms with Gasteiger partial charge in [-0.2, -0.15) is 0 Å². The zero-order chi connectivity index (χ0) is 20.6. The van der Waals surface area contributed by atoms with Gasteiger partial charge in [0, 0.05) is 35.9 Å². The van der Waals surface area contributed by atoms with E-state index in [9.17, 15) is 4.79 Å². The molecule has 0 radical (unpaired) electrons. The number of nitrogens with one attached hydrogen (secondary N) is 3. The molecule has 2 aromatic heterocycles. The summed E-state index contributed by atoms with van der Waals surface area (Å²) in [6.07, 6.45) is 5.08. The number of benzene rings is 1. The molecule has 0 saturated carbocycles. The predicted molar refractivity (Wildman–Crippen MR) is 117 cm³/mol. The van der Waals surface area contributed by atoms with Crippen LogP contribution in [0, 0.1) is 0 Å². The van der Waals surface area contributed by atoms with Gasteiger partial charge in [-0.25, -0.2) is 14.8 Å².